The summed E-state index contributed by atoms with van der Waals surface area (Å²) in [4.78, 5) is 10.3. The van der Waals surface area contributed by atoms with Gasteiger partial charge in [-0.2, -0.15) is 4.31 Å². The van der Waals surface area contributed by atoms with Gasteiger partial charge in [0.1, 0.15) is 0 Å². The van der Waals surface area contributed by atoms with Crippen LogP contribution in [-0.4, -0.2) is 43.8 Å². The molecule has 0 radical (unpaired) electrons. The van der Waals surface area contributed by atoms with E-state index in [4.69, 9.17) is 0 Å². The van der Waals surface area contributed by atoms with Gasteiger partial charge in [0.15, 0.2) is 0 Å². The van der Waals surface area contributed by atoms with E-state index < -0.39 is 14.9 Å². The molecule has 118 valence electrons. The molecule has 21 heavy (non-hydrogen) atoms. The number of sulfonamides is 1. The van der Waals surface area contributed by atoms with E-state index in [1.54, 1.807) is 6.92 Å². The summed E-state index contributed by atoms with van der Waals surface area (Å²) in [5, 5.41) is 13.9. The number of rotatable bonds is 3. The lowest BCUT2D eigenvalue weighted by Gasteiger charge is -2.20. The fraction of sp³-hybridized carbons (Fsp3) is 0.500. The lowest BCUT2D eigenvalue weighted by molar-refractivity contribution is -0.385. The van der Waals surface area contributed by atoms with Crippen LogP contribution < -0.4 is 5.32 Å². The van der Waals surface area contributed by atoms with Crippen LogP contribution in [0.4, 0.5) is 5.69 Å². The molecule has 1 aromatic carbocycles. The SMILES string of the molecule is Cc1ccc([N+](=O)[O-])cc1S(=O)(=O)N1CCCNCC1.Cl. The molecule has 1 heterocycles. The zero-order chi connectivity index (χ0) is 14.8. The maximum atomic E-state index is 12.6. The lowest BCUT2D eigenvalue weighted by Crippen LogP contribution is -2.34. The Balaban J connectivity index is 0.00000220. The second-order valence-corrected chi connectivity index (χ2v) is 6.62. The number of halogens is 1. The Kier molecular flexibility index (Phi) is 6.09. The van der Waals surface area contributed by atoms with Gasteiger partial charge in [0, 0.05) is 31.8 Å². The van der Waals surface area contributed by atoms with Gasteiger partial charge in [-0.1, -0.05) is 6.07 Å². The summed E-state index contributed by atoms with van der Waals surface area (Å²) in [5.74, 6) is 0. The molecular weight excluding hydrogens is 318 g/mol. The van der Waals surface area contributed by atoms with Crippen LogP contribution in [0, 0.1) is 17.0 Å². The molecule has 0 unspecified atom stereocenters. The molecule has 0 saturated carbocycles. The summed E-state index contributed by atoms with van der Waals surface area (Å²) < 4.78 is 26.6. The van der Waals surface area contributed by atoms with Crippen molar-refractivity contribution in [2.75, 3.05) is 26.2 Å². The van der Waals surface area contributed by atoms with Crippen molar-refractivity contribution in [3.05, 3.63) is 33.9 Å². The van der Waals surface area contributed by atoms with E-state index in [1.165, 1.54) is 16.4 Å². The third-order valence-corrected chi connectivity index (χ3v) is 5.34. The molecule has 1 aliphatic heterocycles. The minimum absolute atomic E-state index is 0. The van der Waals surface area contributed by atoms with Crippen LogP contribution in [0.2, 0.25) is 0 Å². The Morgan fingerprint density at radius 1 is 1.29 bits per heavy atom. The Labute approximate surface area is 129 Å². The van der Waals surface area contributed by atoms with Gasteiger partial charge >= 0.3 is 0 Å². The fourth-order valence-corrected chi connectivity index (χ4v) is 3.90. The van der Waals surface area contributed by atoms with E-state index in [1.807, 2.05) is 0 Å². The van der Waals surface area contributed by atoms with Crippen molar-refractivity contribution >= 4 is 28.1 Å². The van der Waals surface area contributed by atoms with Gasteiger partial charge < -0.3 is 5.32 Å². The number of nitro benzene ring substituents is 1. The molecule has 0 amide bonds. The molecule has 9 heteroatoms. The van der Waals surface area contributed by atoms with E-state index in [0.717, 1.165) is 19.0 Å². The highest BCUT2D eigenvalue weighted by Gasteiger charge is 2.28. The van der Waals surface area contributed by atoms with Crippen molar-refractivity contribution in [2.45, 2.75) is 18.2 Å². The Hall–Kier alpha value is -1.22. The zero-order valence-electron chi connectivity index (χ0n) is 11.6. The van der Waals surface area contributed by atoms with Crippen molar-refractivity contribution < 1.29 is 13.3 Å². The standard InChI is InChI=1S/C12H17N3O4S.ClH/c1-10-3-4-11(15(16)17)9-12(10)20(18,19)14-7-2-5-13-6-8-14;/h3-4,9,13H,2,5-8H2,1H3;1H. The third kappa shape index (κ3) is 3.91. The second kappa shape index (κ2) is 7.17. The summed E-state index contributed by atoms with van der Waals surface area (Å²) in [6, 6.07) is 3.93. The molecule has 0 bridgehead atoms. The summed E-state index contributed by atoms with van der Waals surface area (Å²) in [6.45, 7) is 3.82. The first-order chi connectivity index (χ1) is 9.43. The predicted octanol–water partition coefficient (Wildman–Crippen LogP) is 1.31. The van der Waals surface area contributed by atoms with Crippen LogP contribution in [0.25, 0.3) is 0 Å². The van der Waals surface area contributed by atoms with Gasteiger partial charge in [0.05, 0.1) is 9.82 Å². The highest BCUT2D eigenvalue weighted by atomic mass is 35.5. The maximum Gasteiger partial charge on any atom is 0.270 e. The van der Waals surface area contributed by atoms with Crippen molar-refractivity contribution in [1.29, 1.82) is 0 Å². The molecule has 1 aliphatic rings. The molecule has 1 fully saturated rings. The van der Waals surface area contributed by atoms with Gasteiger partial charge in [-0.3, -0.25) is 10.1 Å². The molecule has 0 aromatic heterocycles. The summed E-state index contributed by atoms with van der Waals surface area (Å²) in [7, 11) is -3.68. The summed E-state index contributed by atoms with van der Waals surface area (Å²) >= 11 is 0. The van der Waals surface area contributed by atoms with Gasteiger partial charge in [-0.15, -0.1) is 12.4 Å². The van der Waals surface area contributed by atoms with Crippen molar-refractivity contribution in [3.63, 3.8) is 0 Å². The minimum Gasteiger partial charge on any atom is -0.315 e. The smallest absolute Gasteiger partial charge is 0.270 e. The number of benzene rings is 1. The number of hydrogen-bond acceptors (Lipinski definition) is 5. The number of nitrogens with zero attached hydrogens (tertiary/aromatic N) is 2. The molecular formula is C12H18ClN3O4S. The molecule has 2 rings (SSSR count). The number of nitro groups is 1. The molecule has 1 aromatic rings. The number of nitrogens with one attached hydrogen (secondary N) is 1. The summed E-state index contributed by atoms with van der Waals surface area (Å²) in [5.41, 5.74) is 0.315. The third-order valence-electron chi connectivity index (χ3n) is 3.30. The van der Waals surface area contributed by atoms with E-state index in [0.29, 0.717) is 25.2 Å². The van der Waals surface area contributed by atoms with Gasteiger partial charge in [-0.25, -0.2) is 8.42 Å². The number of hydrogen-bond donors (Lipinski definition) is 1. The van der Waals surface area contributed by atoms with Crippen LogP contribution in [0.3, 0.4) is 0 Å². The van der Waals surface area contributed by atoms with Crippen molar-refractivity contribution in [1.82, 2.24) is 9.62 Å². The quantitative estimate of drug-likeness (QED) is 0.664. The summed E-state index contributed by atoms with van der Waals surface area (Å²) in [6.07, 6.45) is 0.729. The molecule has 1 saturated heterocycles. The maximum absolute atomic E-state index is 12.6. The van der Waals surface area contributed by atoms with E-state index in [-0.39, 0.29) is 23.0 Å². The average Bonchev–Trinajstić information content (AvgIpc) is 2.68. The van der Waals surface area contributed by atoms with Gasteiger partial charge in [0.2, 0.25) is 10.0 Å². The Morgan fingerprint density at radius 2 is 2.00 bits per heavy atom. The van der Waals surface area contributed by atoms with E-state index >= 15 is 0 Å². The first kappa shape index (κ1) is 17.8. The predicted molar refractivity (Wildman–Crippen MR) is 81.3 cm³/mol. The van der Waals surface area contributed by atoms with E-state index in [9.17, 15) is 18.5 Å². The minimum atomic E-state index is -3.68. The van der Waals surface area contributed by atoms with Crippen LogP contribution in [0.5, 0.6) is 0 Å². The Bertz CT molecular complexity index is 613. The zero-order valence-corrected chi connectivity index (χ0v) is 13.2. The number of aryl methyl sites for hydroxylation is 1. The fourth-order valence-electron chi connectivity index (χ4n) is 2.18. The molecule has 0 atom stereocenters. The highest BCUT2D eigenvalue weighted by molar-refractivity contribution is 7.89. The number of non-ortho nitro benzene ring substituents is 1. The monoisotopic (exact) mass is 335 g/mol. The largest absolute Gasteiger partial charge is 0.315 e. The first-order valence-electron chi connectivity index (χ1n) is 6.39. The molecule has 7 nitrogen and oxygen atoms in total. The second-order valence-electron chi connectivity index (χ2n) is 4.71. The van der Waals surface area contributed by atoms with Crippen molar-refractivity contribution in [2.24, 2.45) is 0 Å². The van der Waals surface area contributed by atoms with Crippen molar-refractivity contribution in [3.8, 4) is 0 Å². The van der Waals surface area contributed by atoms with Crippen LogP contribution in [-0.2, 0) is 10.0 Å². The highest BCUT2D eigenvalue weighted by Crippen LogP contribution is 2.25. The molecule has 1 N–H and O–H groups in total. The molecule has 0 spiro atoms. The lowest BCUT2D eigenvalue weighted by atomic mass is 10.2. The average molecular weight is 336 g/mol. The topological polar surface area (TPSA) is 92.5 Å². The normalized spacial score (nSPS) is 16.8. The van der Waals surface area contributed by atoms with Crippen LogP contribution in [0.1, 0.15) is 12.0 Å². The Morgan fingerprint density at radius 3 is 2.67 bits per heavy atom. The van der Waals surface area contributed by atoms with Crippen LogP contribution >= 0.6 is 12.4 Å². The van der Waals surface area contributed by atoms with E-state index in [2.05, 4.69) is 5.32 Å². The van der Waals surface area contributed by atoms with Gasteiger partial charge in [-0.05, 0) is 25.5 Å². The first-order valence-corrected chi connectivity index (χ1v) is 7.83. The molecule has 0 aliphatic carbocycles. The van der Waals surface area contributed by atoms with Gasteiger partial charge in [0.25, 0.3) is 5.69 Å². The van der Waals surface area contributed by atoms with Crippen LogP contribution in [0.15, 0.2) is 23.1 Å².